The van der Waals surface area contributed by atoms with Gasteiger partial charge in [0.1, 0.15) is 0 Å². The number of nitrogens with one attached hydrogen (secondary N) is 1. The summed E-state index contributed by atoms with van der Waals surface area (Å²) in [5.74, 6) is -0.0370. The molecule has 1 aromatic heterocycles. The van der Waals surface area contributed by atoms with Gasteiger partial charge in [0, 0.05) is 6.54 Å². The van der Waals surface area contributed by atoms with Crippen LogP contribution in [0.25, 0.3) is 0 Å². The van der Waals surface area contributed by atoms with Crippen LogP contribution in [0.4, 0.5) is 5.69 Å². The average Bonchev–Trinajstić information content (AvgIpc) is 2.94. The summed E-state index contributed by atoms with van der Waals surface area (Å²) in [5, 5.41) is 19.4. The van der Waals surface area contributed by atoms with Crippen LogP contribution >= 0.6 is 35.0 Å². The fourth-order valence-corrected chi connectivity index (χ4v) is 3.86. The van der Waals surface area contributed by atoms with Crippen LogP contribution in [-0.4, -0.2) is 40.3 Å². The molecule has 0 atom stereocenters. The zero-order valence-electron chi connectivity index (χ0n) is 13.8. The second-order valence-corrected chi connectivity index (χ2v) is 9.00. The summed E-state index contributed by atoms with van der Waals surface area (Å²) in [7, 11) is -3.96. The molecule has 0 fully saturated rings. The maximum Gasteiger partial charge on any atom is 0.238 e. The van der Waals surface area contributed by atoms with Crippen molar-refractivity contribution in [2.45, 2.75) is 30.4 Å². The third-order valence-corrected chi connectivity index (χ3v) is 5.42. The SMILES string of the molecule is CC(C)Cn1nnnc1SCC(=O)Nc1c(Cl)cc(S(N)(=O)=O)cc1Cl. The van der Waals surface area contributed by atoms with Crippen LogP contribution in [0, 0.1) is 5.92 Å². The molecule has 0 saturated heterocycles. The Morgan fingerprint density at radius 1 is 1.35 bits per heavy atom. The van der Waals surface area contributed by atoms with Gasteiger partial charge in [-0.1, -0.05) is 48.8 Å². The summed E-state index contributed by atoms with van der Waals surface area (Å²) in [5.41, 5.74) is 0.105. The molecule has 1 amide bonds. The zero-order chi connectivity index (χ0) is 19.5. The first-order valence-corrected chi connectivity index (χ1v) is 10.6. The van der Waals surface area contributed by atoms with E-state index in [4.69, 9.17) is 28.3 Å². The van der Waals surface area contributed by atoms with Gasteiger partial charge in [-0.2, -0.15) is 0 Å². The quantitative estimate of drug-likeness (QED) is 0.631. The molecule has 1 aromatic carbocycles. The van der Waals surface area contributed by atoms with E-state index in [1.807, 2.05) is 13.8 Å². The van der Waals surface area contributed by atoms with Crippen LogP contribution in [0.3, 0.4) is 0 Å². The minimum absolute atomic E-state index is 0.0159. The predicted molar refractivity (Wildman–Crippen MR) is 99.8 cm³/mol. The van der Waals surface area contributed by atoms with Crippen LogP contribution in [0.2, 0.25) is 10.0 Å². The Labute approximate surface area is 164 Å². The largest absolute Gasteiger partial charge is 0.323 e. The number of rotatable bonds is 7. The third-order valence-electron chi connectivity index (χ3n) is 2.98. The number of benzene rings is 1. The van der Waals surface area contributed by atoms with E-state index >= 15 is 0 Å². The van der Waals surface area contributed by atoms with E-state index in [9.17, 15) is 13.2 Å². The normalized spacial score (nSPS) is 11.8. The molecule has 3 N–H and O–H groups in total. The first-order valence-electron chi connectivity index (χ1n) is 7.28. The Kier molecular flexibility index (Phi) is 6.86. The number of hydrogen-bond acceptors (Lipinski definition) is 7. The number of hydrogen-bond donors (Lipinski definition) is 2. The molecule has 0 spiro atoms. The highest BCUT2D eigenvalue weighted by atomic mass is 35.5. The van der Waals surface area contributed by atoms with Crippen molar-refractivity contribution in [2.24, 2.45) is 11.1 Å². The minimum Gasteiger partial charge on any atom is -0.323 e. The van der Waals surface area contributed by atoms with Crippen molar-refractivity contribution in [1.29, 1.82) is 0 Å². The zero-order valence-corrected chi connectivity index (χ0v) is 17.0. The van der Waals surface area contributed by atoms with Crippen molar-refractivity contribution >= 4 is 56.6 Å². The number of sulfonamides is 1. The summed E-state index contributed by atoms with van der Waals surface area (Å²) in [6.07, 6.45) is 0. The Morgan fingerprint density at radius 2 is 1.96 bits per heavy atom. The first kappa shape index (κ1) is 20.9. The average molecular weight is 439 g/mol. The number of tetrazole rings is 1. The summed E-state index contributed by atoms with van der Waals surface area (Å²) in [6.45, 7) is 4.68. The van der Waals surface area contributed by atoms with Crippen LogP contribution in [-0.2, 0) is 21.4 Å². The summed E-state index contributed by atoms with van der Waals surface area (Å²) in [4.78, 5) is 11.9. The molecule has 0 unspecified atom stereocenters. The van der Waals surface area contributed by atoms with Crippen LogP contribution in [0.1, 0.15) is 13.8 Å². The van der Waals surface area contributed by atoms with Gasteiger partial charge in [0.25, 0.3) is 0 Å². The van der Waals surface area contributed by atoms with Gasteiger partial charge in [-0.05, 0) is 28.5 Å². The highest BCUT2D eigenvalue weighted by Gasteiger charge is 2.17. The Balaban J connectivity index is 2.06. The molecule has 1 heterocycles. The summed E-state index contributed by atoms with van der Waals surface area (Å²) < 4.78 is 24.3. The molecule has 9 nitrogen and oxygen atoms in total. The maximum atomic E-state index is 12.2. The Morgan fingerprint density at radius 3 is 2.50 bits per heavy atom. The van der Waals surface area contributed by atoms with E-state index in [0.29, 0.717) is 17.6 Å². The fraction of sp³-hybridized carbons (Fsp3) is 0.385. The molecule has 0 radical (unpaired) electrons. The molecule has 0 aliphatic heterocycles. The highest BCUT2D eigenvalue weighted by Crippen LogP contribution is 2.33. The topological polar surface area (TPSA) is 133 Å². The number of primary sulfonamides is 1. The van der Waals surface area contributed by atoms with Crippen molar-refractivity contribution in [3.63, 3.8) is 0 Å². The Bertz CT molecular complexity index is 893. The number of halogens is 2. The van der Waals surface area contributed by atoms with Gasteiger partial charge in [0.15, 0.2) is 0 Å². The van der Waals surface area contributed by atoms with Crippen molar-refractivity contribution in [3.8, 4) is 0 Å². The number of nitrogens with zero attached hydrogens (tertiary/aromatic N) is 4. The highest BCUT2D eigenvalue weighted by molar-refractivity contribution is 7.99. The second kappa shape index (κ2) is 8.53. The smallest absolute Gasteiger partial charge is 0.238 e. The molecule has 0 aliphatic carbocycles. The molecule has 2 rings (SSSR count). The van der Waals surface area contributed by atoms with Gasteiger partial charge in [-0.25, -0.2) is 18.2 Å². The first-order chi connectivity index (χ1) is 12.1. The fourth-order valence-electron chi connectivity index (χ4n) is 1.90. The number of carbonyl (C=O) groups is 1. The van der Waals surface area contributed by atoms with E-state index in [-0.39, 0.29) is 26.4 Å². The summed E-state index contributed by atoms with van der Waals surface area (Å²) >= 11 is 13.2. The molecule has 0 saturated carbocycles. The number of aromatic nitrogens is 4. The van der Waals surface area contributed by atoms with E-state index < -0.39 is 15.9 Å². The van der Waals surface area contributed by atoms with E-state index in [2.05, 4.69) is 20.8 Å². The molecule has 2 aromatic rings. The van der Waals surface area contributed by atoms with E-state index in [1.54, 1.807) is 4.68 Å². The van der Waals surface area contributed by atoms with Gasteiger partial charge >= 0.3 is 0 Å². The molecule has 0 aliphatic rings. The Hall–Kier alpha value is -1.40. The third kappa shape index (κ3) is 5.55. The van der Waals surface area contributed by atoms with Crippen LogP contribution in [0.15, 0.2) is 22.2 Å². The minimum atomic E-state index is -3.96. The lowest BCUT2D eigenvalue weighted by molar-refractivity contribution is -0.113. The number of nitrogens with two attached hydrogens (primary N) is 1. The lowest BCUT2D eigenvalue weighted by Gasteiger charge is -2.11. The van der Waals surface area contributed by atoms with Gasteiger partial charge in [0.2, 0.25) is 21.1 Å². The molecule has 13 heteroatoms. The predicted octanol–water partition coefficient (Wildman–Crippen LogP) is 2.01. The van der Waals surface area contributed by atoms with Crippen molar-refractivity contribution < 1.29 is 13.2 Å². The number of carbonyl (C=O) groups excluding carboxylic acids is 1. The van der Waals surface area contributed by atoms with Gasteiger partial charge in [0.05, 0.1) is 26.4 Å². The van der Waals surface area contributed by atoms with Crippen molar-refractivity contribution in [2.75, 3.05) is 11.1 Å². The summed E-state index contributed by atoms with van der Waals surface area (Å²) in [6, 6.07) is 2.24. The van der Waals surface area contributed by atoms with Crippen LogP contribution in [0.5, 0.6) is 0 Å². The molecular weight excluding hydrogens is 423 g/mol. The standard InChI is InChI=1S/C13H16Cl2N6O3S2/c1-7(2)5-21-13(18-19-20-21)25-6-11(22)17-12-9(14)3-8(4-10(12)15)26(16,23)24/h3-4,7H,5-6H2,1-2H3,(H,17,22)(H2,16,23,24). The van der Waals surface area contributed by atoms with Gasteiger partial charge in [-0.3, -0.25) is 4.79 Å². The lowest BCUT2D eigenvalue weighted by atomic mass is 10.2. The monoisotopic (exact) mass is 438 g/mol. The van der Waals surface area contributed by atoms with Crippen molar-refractivity contribution in [1.82, 2.24) is 20.2 Å². The molecular formula is C13H16Cl2N6O3S2. The van der Waals surface area contributed by atoms with Gasteiger partial charge in [-0.15, -0.1) is 5.10 Å². The maximum absolute atomic E-state index is 12.2. The number of anilines is 1. The van der Waals surface area contributed by atoms with E-state index in [1.165, 1.54) is 0 Å². The molecule has 0 bridgehead atoms. The molecule has 26 heavy (non-hydrogen) atoms. The number of amides is 1. The molecule has 142 valence electrons. The van der Waals surface area contributed by atoms with Crippen molar-refractivity contribution in [3.05, 3.63) is 22.2 Å². The lowest BCUT2D eigenvalue weighted by Crippen LogP contribution is -2.17. The van der Waals surface area contributed by atoms with Gasteiger partial charge < -0.3 is 5.32 Å². The van der Waals surface area contributed by atoms with Crippen LogP contribution < -0.4 is 10.5 Å². The van der Waals surface area contributed by atoms with E-state index in [0.717, 1.165) is 23.9 Å². The second-order valence-electron chi connectivity index (χ2n) is 5.68. The number of thioether (sulfide) groups is 1.